The number of β-amino-alcohol motifs (C(OH)–C–C–N with tert-alkyl or cyclic N) is 1. The molecule has 170 valence electrons. The van der Waals surface area contributed by atoms with Gasteiger partial charge in [0, 0.05) is 19.6 Å². The highest BCUT2D eigenvalue weighted by atomic mass is 19.2. The number of hydrogen-bond donors (Lipinski definition) is 2. The third-order valence-corrected chi connectivity index (χ3v) is 6.02. The Morgan fingerprint density at radius 1 is 0.970 bits per heavy atom. The van der Waals surface area contributed by atoms with Gasteiger partial charge in [-0.2, -0.15) is 0 Å². The molecule has 1 unspecified atom stereocenters. The number of aliphatic hydroxyl groups is 1. The average Bonchev–Trinajstić information content (AvgIpc) is 3.36. The van der Waals surface area contributed by atoms with Crippen LogP contribution < -0.4 is 0 Å². The zero-order valence-corrected chi connectivity index (χ0v) is 17.8. The van der Waals surface area contributed by atoms with Crippen molar-refractivity contribution in [3.05, 3.63) is 77.1 Å². The normalized spacial score (nSPS) is 16.7. The molecule has 4 aromatic rings. The first-order chi connectivity index (χ1) is 15.8. The summed E-state index contributed by atoms with van der Waals surface area (Å²) in [6, 6.07) is 10.6. The summed E-state index contributed by atoms with van der Waals surface area (Å²) >= 11 is 0. The van der Waals surface area contributed by atoms with Crippen molar-refractivity contribution < 1.29 is 22.7 Å². The fourth-order valence-electron chi connectivity index (χ4n) is 4.47. The minimum atomic E-state index is -1.45. The van der Waals surface area contributed by atoms with Crippen LogP contribution in [0.2, 0.25) is 0 Å². The molecule has 5 rings (SSSR count). The monoisotopic (exact) mass is 455 g/mol. The predicted molar refractivity (Wildman–Crippen MR) is 117 cm³/mol. The van der Waals surface area contributed by atoms with Crippen LogP contribution in [0.3, 0.4) is 0 Å². The van der Waals surface area contributed by atoms with Crippen molar-refractivity contribution in [1.29, 1.82) is 0 Å². The van der Waals surface area contributed by atoms with E-state index in [1.807, 2.05) is 4.90 Å². The van der Waals surface area contributed by atoms with Crippen molar-refractivity contribution >= 4 is 11.0 Å². The standard InChI is InChI=1S/C25H21F4N3O/c1-13-30-18-6-5-16(10-19(18)31-13)21-24(28)22(26)20(23(27)25(21)29)15-4-2-3-14(9-15)11-32-8-7-17(33)12-32/h2-6,9-10,17,33H,7-8,11-12H2,1H3,(H,30,31). The van der Waals surface area contributed by atoms with Gasteiger partial charge in [0.25, 0.3) is 0 Å². The molecule has 3 aromatic carbocycles. The topological polar surface area (TPSA) is 52.1 Å². The average molecular weight is 455 g/mol. The number of fused-ring (bicyclic) bond motifs is 1. The SMILES string of the molecule is Cc1nc2ccc(-c3c(F)c(F)c(-c4cccc(CN5CCC(O)C5)c4)c(F)c3F)cc2[nH]1. The van der Waals surface area contributed by atoms with Crippen molar-refractivity contribution in [2.24, 2.45) is 0 Å². The van der Waals surface area contributed by atoms with Gasteiger partial charge in [-0.1, -0.05) is 24.3 Å². The van der Waals surface area contributed by atoms with E-state index in [4.69, 9.17) is 0 Å². The fourth-order valence-corrected chi connectivity index (χ4v) is 4.47. The molecule has 2 heterocycles. The van der Waals surface area contributed by atoms with E-state index >= 15 is 17.6 Å². The number of hydrogen-bond acceptors (Lipinski definition) is 3. The minimum absolute atomic E-state index is 0.00633. The van der Waals surface area contributed by atoms with Crippen LogP contribution in [0, 0.1) is 30.2 Å². The molecule has 0 aliphatic carbocycles. The van der Waals surface area contributed by atoms with E-state index in [1.54, 1.807) is 19.1 Å². The van der Waals surface area contributed by atoms with Crippen LogP contribution in [0.15, 0.2) is 42.5 Å². The number of aromatic amines is 1. The van der Waals surface area contributed by atoms with Gasteiger partial charge in [0.05, 0.1) is 28.3 Å². The second-order valence-corrected chi connectivity index (χ2v) is 8.44. The number of nitrogens with one attached hydrogen (secondary N) is 1. The molecule has 0 amide bonds. The zero-order chi connectivity index (χ0) is 23.3. The van der Waals surface area contributed by atoms with E-state index in [1.165, 1.54) is 30.3 Å². The van der Waals surface area contributed by atoms with Gasteiger partial charge in [0.15, 0.2) is 23.3 Å². The molecule has 1 fully saturated rings. The van der Waals surface area contributed by atoms with Gasteiger partial charge in [-0.3, -0.25) is 4.90 Å². The molecule has 8 heteroatoms. The van der Waals surface area contributed by atoms with Crippen molar-refractivity contribution in [2.75, 3.05) is 13.1 Å². The lowest BCUT2D eigenvalue weighted by Gasteiger charge is -2.16. The van der Waals surface area contributed by atoms with Gasteiger partial charge in [-0.05, 0) is 48.2 Å². The Hall–Kier alpha value is -3.23. The van der Waals surface area contributed by atoms with Crippen LogP contribution in [-0.2, 0) is 6.54 Å². The van der Waals surface area contributed by atoms with Gasteiger partial charge < -0.3 is 10.1 Å². The maximum absolute atomic E-state index is 15.1. The van der Waals surface area contributed by atoms with Crippen LogP contribution in [0.1, 0.15) is 17.8 Å². The first-order valence-corrected chi connectivity index (χ1v) is 10.6. The number of aromatic nitrogens is 2. The number of halogens is 4. The third kappa shape index (κ3) is 3.89. The molecule has 0 radical (unpaired) electrons. The molecular weight excluding hydrogens is 434 g/mol. The Labute approximate surface area is 187 Å². The number of rotatable bonds is 4. The van der Waals surface area contributed by atoms with Gasteiger partial charge >= 0.3 is 0 Å². The molecule has 1 saturated heterocycles. The summed E-state index contributed by atoms with van der Waals surface area (Å²) in [6.45, 7) is 3.40. The van der Waals surface area contributed by atoms with Gasteiger partial charge in [-0.25, -0.2) is 22.5 Å². The molecule has 2 N–H and O–H groups in total. The predicted octanol–water partition coefficient (Wildman–Crippen LogP) is 5.33. The molecule has 0 bridgehead atoms. The minimum Gasteiger partial charge on any atom is -0.392 e. The molecule has 1 aliphatic rings. The summed E-state index contributed by atoms with van der Waals surface area (Å²) in [5, 5.41) is 9.69. The summed E-state index contributed by atoms with van der Waals surface area (Å²) in [5.74, 6) is -5.18. The van der Waals surface area contributed by atoms with E-state index in [0.717, 1.165) is 5.56 Å². The Morgan fingerprint density at radius 3 is 2.27 bits per heavy atom. The van der Waals surface area contributed by atoms with Crippen LogP contribution in [0.4, 0.5) is 17.6 Å². The summed E-state index contributed by atoms with van der Waals surface area (Å²) in [5.41, 5.74) is 0.370. The lowest BCUT2D eigenvalue weighted by atomic mass is 9.96. The maximum atomic E-state index is 15.1. The number of H-pyrrole nitrogens is 1. The van der Waals surface area contributed by atoms with E-state index in [9.17, 15) is 5.11 Å². The molecule has 0 spiro atoms. The van der Waals surface area contributed by atoms with Gasteiger partial charge in [-0.15, -0.1) is 0 Å². The summed E-state index contributed by atoms with van der Waals surface area (Å²) in [7, 11) is 0. The third-order valence-electron chi connectivity index (χ3n) is 6.02. The molecule has 1 aliphatic heterocycles. The largest absolute Gasteiger partial charge is 0.392 e. The van der Waals surface area contributed by atoms with E-state index in [2.05, 4.69) is 9.97 Å². The lowest BCUT2D eigenvalue weighted by Crippen LogP contribution is -2.21. The summed E-state index contributed by atoms with van der Waals surface area (Å²) in [6.07, 6.45) is 0.258. The first-order valence-electron chi connectivity index (χ1n) is 10.6. The number of imidazole rings is 1. The molecular formula is C25H21F4N3O. The molecule has 0 saturated carbocycles. The lowest BCUT2D eigenvalue weighted by molar-refractivity contribution is 0.175. The number of aryl methyl sites for hydroxylation is 1. The summed E-state index contributed by atoms with van der Waals surface area (Å²) in [4.78, 5) is 9.18. The van der Waals surface area contributed by atoms with Crippen molar-refractivity contribution in [2.45, 2.75) is 26.0 Å². The van der Waals surface area contributed by atoms with Crippen molar-refractivity contribution in [3.63, 3.8) is 0 Å². The second kappa shape index (κ2) is 8.28. The smallest absolute Gasteiger partial charge is 0.170 e. The molecule has 1 atom stereocenters. The Bertz CT molecular complexity index is 1340. The molecule has 33 heavy (non-hydrogen) atoms. The van der Waals surface area contributed by atoms with E-state index < -0.39 is 40.5 Å². The number of likely N-dealkylation sites (tertiary alicyclic amines) is 1. The number of nitrogens with zero attached hydrogens (tertiary/aromatic N) is 2. The van der Waals surface area contributed by atoms with Crippen LogP contribution in [-0.4, -0.2) is 39.2 Å². The highest BCUT2D eigenvalue weighted by Crippen LogP contribution is 2.37. The highest BCUT2D eigenvalue weighted by molar-refractivity contribution is 5.83. The van der Waals surface area contributed by atoms with Crippen LogP contribution >= 0.6 is 0 Å². The maximum Gasteiger partial charge on any atom is 0.170 e. The van der Waals surface area contributed by atoms with Gasteiger partial charge in [0.2, 0.25) is 0 Å². The van der Waals surface area contributed by atoms with Crippen molar-refractivity contribution in [1.82, 2.24) is 14.9 Å². The van der Waals surface area contributed by atoms with E-state index in [-0.39, 0.29) is 11.1 Å². The highest BCUT2D eigenvalue weighted by Gasteiger charge is 2.28. The molecule has 1 aromatic heterocycles. The number of benzene rings is 3. The quantitative estimate of drug-likeness (QED) is 0.323. The van der Waals surface area contributed by atoms with Crippen LogP contribution in [0.25, 0.3) is 33.3 Å². The Morgan fingerprint density at radius 2 is 1.64 bits per heavy atom. The summed E-state index contributed by atoms with van der Waals surface area (Å²) < 4.78 is 60.5. The number of aliphatic hydroxyl groups excluding tert-OH is 1. The zero-order valence-electron chi connectivity index (χ0n) is 17.8. The van der Waals surface area contributed by atoms with Crippen LogP contribution in [0.5, 0.6) is 0 Å². The first kappa shape index (κ1) is 21.6. The second-order valence-electron chi connectivity index (χ2n) is 8.44. The molecule has 4 nitrogen and oxygen atoms in total. The fraction of sp³-hybridized carbons (Fsp3) is 0.240. The Kier molecular flexibility index (Phi) is 5.42. The van der Waals surface area contributed by atoms with Gasteiger partial charge in [0.1, 0.15) is 5.82 Å². The van der Waals surface area contributed by atoms with E-state index in [0.29, 0.717) is 42.9 Å². The Balaban J connectivity index is 1.56. The van der Waals surface area contributed by atoms with Crippen molar-refractivity contribution in [3.8, 4) is 22.3 Å².